The number of rotatable bonds is 5. The second kappa shape index (κ2) is 9.09. The van der Waals surface area contributed by atoms with Gasteiger partial charge in [-0.2, -0.15) is 0 Å². The lowest BCUT2D eigenvalue weighted by molar-refractivity contribution is -0.113. The first-order valence-corrected chi connectivity index (χ1v) is 11.0. The summed E-state index contributed by atoms with van der Waals surface area (Å²) >= 11 is 13.1. The second-order valence-corrected chi connectivity index (χ2v) is 8.50. The van der Waals surface area contributed by atoms with E-state index in [2.05, 4.69) is 15.3 Å². The molecule has 0 bridgehead atoms. The molecule has 0 aliphatic rings. The van der Waals surface area contributed by atoms with E-state index >= 15 is 0 Å². The molecule has 0 saturated heterocycles. The van der Waals surface area contributed by atoms with Gasteiger partial charge in [0, 0.05) is 11.2 Å². The summed E-state index contributed by atoms with van der Waals surface area (Å²) in [6.07, 6.45) is 1.45. The quantitative estimate of drug-likeness (QED) is 0.323. The summed E-state index contributed by atoms with van der Waals surface area (Å²) in [6.45, 7) is 1.92. The summed E-state index contributed by atoms with van der Waals surface area (Å²) in [5.41, 5.74) is 1.87. The number of aryl methyl sites for hydroxylation is 1. The van der Waals surface area contributed by atoms with Crippen LogP contribution in [-0.4, -0.2) is 26.2 Å². The van der Waals surface area contributed by atoms with Crippen molar-refractivity contribution in [2.45, 2.75) is 12.1 Å². The van der Waals surface area contributed by atoms with Crippen molar-refractivity contribution in [3.63, 3.8) is 0 Å². The van der Waals surface area contributed by atoms with E-state index in [1.165, 1.54) is 10.8 Å². The molecule has 2 aromatic carbocycles. The van der Waals surface area contributed by atoms with Crippen LogP contribution in [0.25, 0.3) is 16.6 Å². The number of nitrogens with zero attached hydrogens (tertiary/aromatic N) is 3. The molecule has 1 amide bonds. The highest BCUT2D eigenvalue weighted by molar-refractivity contribution is 7.99. The van der Waals surface area contributed by atoms with Crippen LogP contribution >= 0.6 is 35.0 Å². The summed E-state index contributed by atoms with van der Waals surface area (Å²) in [6, 6.07) is 15.7. The van der Waals surface area contributed by atoms with Gasteiger partial charge in [0.2, 0.25) is 5.91 Å². The molecular formula is C22H16Cl2N4O2S. The Morgan fingerprint density at radius 3 is 2.61 bits per heavy atom. The van der Waals surface area contributed by atoms with Gasteiger partial charge < -0.3 is 5.32 Å². The number of carbonyl (C=O) groups is 1. The lowest BCUT2D eigenvalue weighted by Crippen LogP contribution is -2.23. The molecule has 0 aliphatic carbocycles. The van der Waals surface area contributed by atoms with Gasteiger partial charge >= 0.3 is 0 Å². The Kier molecular flexibility index (Phi) is 6.27. The Bertz CT molecular complexity index is 1340. The number of pyridine rings is 1. The topological polar surface area (TPSA) is 76.9 Å². The van der Waals surface area contributed by atoms with Gasteiger partial charge in [-0.3, -0.25) is 14.2 Å². The third-order valence-corrected chi connectivity index (χ3v) is 5.88. The minimum atomic E-state index is -0.281. The molecule has 156 valence electrons. The first kappa shape index (κ1) is 21.4. The Hall–Kier alpha value is -2.87. The van der Waals surface area contributed by atoms with Crippen LogP contribution in [0.1, 0.15) is 5.56 Å². The van der Waals surface area contributed by atoms with Crippen LogP contribution in [0.3, 0.4) is 0 Å². The highest BCUT2D eigenvalue weighted by Gasteiger charge is 2.16. The van der Waals surface area contributed by atoms with Crippen molar-refractivity contribution < 1.29 is 4.79 Å². The predicted octanol–water partition coefficient (Wildman–Crippen LogP) is 5.13. The number of carbonyl (C=O) groups excluding carboxylic acids is 1. The van der Waals surface area contributed by atoms with Crippen molar-refractivity contribution >= 4 is 57.6 Å². The van der Waals surface area contributed by atoms with Crippen molar-refractivity contribution in [1.82, 2.24) is 14.5 Å². The summed E-state index contributed by atoms with van der Waals surface area (Å²) in [4.78, 5) is 34.5. The number of para-hydroxylation sites is 1. The van der Waals surface area contributed by atoms with Gasteiger partial charge in [-0.15, -0.1) is 0 Å². The van der Waals surface area contributed by atoms with Crippen molar-refractivity contribution in [3.05, 3.63) is 86.8 Å². The average molecular weight is 471 g/mol. The van der Waals surface area contributed by atoms with E-state index in [1.54, 1.807) is 30.3 Å². The average Bonchev–Trinajstić information content (AvgIpc) is 2.74. The Morgan fingerprint density at radius 2 is 1.87 bits per heavy atom. The number of aromatic nitrogens is 3. The molecule has 9 heteroatoms. The lowest BCUT2D eigenvalue weighted by atomic mass is 10.2. The van der Waals surface area contributed by atoms with Gasteiger partial charge in [-0.1, -0.05) is 53.2 Å². The van der Waals surface area contributed by atoms with E-state index in [4.69, 9.17) is 23.2 Å². The maximum Gasteiger partial charge on any atom is 0.266 e. The van der Waals surface area contributed by atoms with Crippen molar-refractivity contribution in [2.75, 3.05) is 11.1 Å². The van der Waals surface area contributed by atoms with E-state index in [0.29, 0.717) is 37.6 Å². The number of thioether (sulfide) groups is 1. The first-order chi connectivity index (χ1) is 14.9. The number of fused-ring (bicyclic) bond motifs is 1. The minimum Gasteiger partial charge on any atom is -0.310 e. The zero-order chi connectivity index (χ0) is 22.0. The third-order valence-electron chi connectivity index (χ3n) is 4.48. The van der Waals surface area contributed by atoms with Crippen molar-refractivity contribution in [3.8, 4) is 5.69 Å². The second-order valence-electron chi connectivity index (χ2n) is 6.68. The van der Waals surface area contributed by atoms with Crippen molar-refractivity contribution in [1.29, 1.82) is 0 Å². The van der Waals surface area contributed by atoms with Crippen LogP contribution in [0.15, 0.2) is 70.7 Å². The number of anilines is 1. The molecular weight excluding hydrogens is 455 g/mol. The highest BCUT2D eigenvalue weighted by Crippen LogP contribution is 2.24. The smallest absolute Gasteiger partial charge is 0.266 e. The Balaban J connectivity index is 1.70. The number of benzene rings is 2. The number of hydrogen-bond acceptors (Lipinski definition) is 5. The predicted molar refractivity (Wildman–Crippen MR) is 126 cm³/mol. The molecule has 0 radical (unpaired) electrons. The molecule has 4 aromatic rings. The Morgan fingerprint density at radius 1 is 1.10 bits per heavy atom. The summed E-state index contributed by atoms with van der Waals surface area (Å²) < 4.78 is 1.53. The fourth-order valence-electron chi connectivity index (χ4n) is 3.02. The van der Waals surface area contributed by atoms with Crippen LogP contribution < -0.4 is 10.9 Å². The standard InChI is InChI=1S/C22H16Cl2N4O2S/c1-13-4-2-3-5-18(13)28-21(30)16-8-6-14(23)10-17(16)26-22(28)31-12-20(29)27-19-9-7-15(24)11-25-19/h2-11H,12H2,1H3,(H,25,27,29). The van der Waals surface area contributed by atoms with Gasteiger partial charge in [0.15, 0.2) is 5.16 Å². The molecule has 2 heterocycles. The molecule has 31 heavy (non-hydrogen) atoms. The number of amides is 1. The summed E-state index contributed by atoms with van der Waals surface area (Å²) in [5.74, 6) is 0.149. The van der Waals surface area contributed by atoms with E-state index in [-0.39, 0.29) is 17.2 Å². The number of nitrogens with one attached hydrogen (secondary N) is 1. The van der Waals surface area contributed by atoms with Crippen LogP contribution in [0.2, 0.25) is 10.0 Å². The number of hydrogen-bond donors (Lipinski definition) is 1. The van der Waals surface area contributed by atoms with Gasteiger partial charge in [0.1, 0.15) is 5.82 Å². The molecule has 2 aromatic heterocycles. The zero-order valence-electron chi connectivity index (χ0n) is 16.3. The zero-order valence-corrected chi connectivity index (χ0v) is 18.6. The maximum atomic E-state index is 13.3. The lowest BCUT2D eigenvalue weighted by Gasteiger charge is -2.15. The third kappa shape index (κ3) is 4.74. The van der Waals surface area contributed by atoms with Crippen LogP contribution in [0.5, 0.6) is 0 Å². The van der Waals surface area contributed by atoms with Crippen molar-refractivity contribution in [2.24, 2.45) is 0 Å². The summed E-state index contributed by atoms with van der Waals surface area (Å²) in [7, 11) is 0. The van der Waals surface area contributed by atoms with E-state index < -0.39 is 0 Å². The van der Waals surface area contributed by atoms with Crippen LogP contribution in [0.4, 0.5) is 5.82 Å². The first-order valence-electron chi connectivity index (χ1n) is 9.25. The summed E-state index contributed by atoms with van der Waals surface area (Å²) in [5, 5.41) is 4.51. The Labute approximate surface area is 192 Å². The fraction of sp³-hybridized carbons (Fsp3) is 0.0909. The van der Waals surface area contributed by atoms with Gasteiger partial charge in [-0.25, -0.2) is 9.97 Å². The molecule has 6 nitrogen and oxygen atoms in total. The fourth-order valence-corrected chi connectivity index (χ4v) is 4.10. The normalized spacial score (nSPS) is 10.9. The molecule has 0 unspecified atom stereocenters. The highest BCUT2D eigenvalue weighted by atomic mass is 35.5. The molecule has 4 rings (SSSR count). The minimum absolute atomic E-state index is 0.0364. The monoisotopic (exact) mass is 470 g/mol. The van der Waals surface area contributed by atoms with Crippen LogP contribution in [0, 0.1) is 6.92 Å². The van der Waals surface area contributed by atoms with Gasteiger partial charge in [0.25, 0.3) is 5.56 Å². The molecule has 0 saturated carbocycles. The van der Waals surface area contributed by atoms with E-state index in [0.717, 1.165) is 17.3 Å². The number of halogens is 2. The SMILES string of the molecule is Cc1ccccc1-n1c(SCC(=O)Nc2ccc(Cl)cn2)nc2cc(Cl)ccc2c1=O. The molecule has 0 atom stereocenters. The molecule has 0 aliphatic heterocycles. The van der Waals surface area contributed by atoms with Gasteiger partial charge in [-0.05, 0) is 48.9 Å². The van der Waals surface area contributed by atoms with Gasteiger partial charge in [0.05, 0.1) is 27.4 Å². The molecule has 0 spiro atoms. The largest absolute Gasteiger partial charge is 0.310 e. The van der Waals surface area contributed by atoms with E-state index in [1.807, 2.05) is 31.2 Å². The van der Waals surface area contributed by atoms with E-state index in [9.17, 15) is 9.59 Å². The molecule has 1 N–H and O–H groups in total. The van der Waals surface area contributed by atoms with Crippen LogP contribution in [-0.2, 0) is 4.79 Å². The maximum absolute atomic E-state index is 13.3. The molecule has 0 fully saturated rings.